The Labute approximate surface area is 83.6 Å². The summed E-state index contributed by atoms with van der Waals surface area (Å²) in [6.45, 7) is 4.19. The van der Waals surface area contributed by atoms with E-state index < -0.39 is 0 Å². The van der Waals surface area contributed by atoms with E-state index >= 15 is 0 Å². The first-order chi connectivity index (χ1) is 6.67. The first kappa shape index (κ1) is 10.6. The molecular weight excluding hydrogens is 178 g/mol. The van der Waals surface area contributed by atoms with Crippen molar-refractivity contribution in [3.8, 4) is 0 Å². The molecule has 0 radical (unpaired) electrons. The van der Waals surface area contributed by atoms with Crippen molar-refractivity contribution in [2.24, 2.45) is 16.5 Å². The molecule has 1 rings (SSSR count). The number of nitrogens with zero attached hydrogens (tertiary/aromatic N) is 2. The second kappa shape index (κ2) is 4.64. The fourth-order valence-corrected chi connectivity index (χ4v) is 1.35. The third kappa shape index (κ3) is 2.48. The summed E-state index contributed by atoms with van der Waals surface area (Å²) in [6.07, 6.45) is 2.96. The summed E-state index contributed by atoms with van der Waals surface area (Å²) < 4.78 is 0. The third-order valence-electron chi connectivity index (χ3n) is 1.92. The van der Waals surface area contributed by atoms with E-state index in [0.717, 1.165) is 30.7 Å². The topological polar surface area (TPSA) is 93.1 Å². The Bertz CT molecular complexity index is 322. The first-order valence-electron chi connectivity index (χ1n) is 4.84. The predicted octanol–water partition coefficient (Wildman–Crippen LogP) is 0.829. The maximum Gasteiger partial charge on any atom is 0.230 e. The highest BCUT2D eigenvalue weighted by molar-refractivity contribution is 5.77. The van der Waals surface area contributed by atoms with Gasteiger partial charge in [0.05, 0.1) is 5.69 Å². The van der Waals surface area contributed by atoms with Gasteiger partial charge in [-0.3, -0.25) is 0 Å². The Hall–Kier alpha value is -1.52. The van der Waals surface area contributed by atoms with E-state index in [1.165, 1.54) is 0 Å². The van der Waals surface area contributed by atoms with E-state index in [2.05, 4.69) is 28.8 Å². The summed E-state index contributed by atoms with van der Waals surface area (Å²) in [6, 6.07) is 0. The van der Waals surface area contributed by atoms with Crippen molar-refractivity contribution in [2.75, 3.05) is 0 Å². The molecule has 0 spiro atoms. The van der Waals surface area contributed by atoms with Gasteiger partial charge in [-0.25, -0.2) is 4.98 Å². The molecule has 0 amide bonds. The van der Waals surface area contributed by atoms with Gasteiger partial charge in [-0.15, -0.1) is 0 Å². The second-order valence-electron chi connectivity index (χ2n) is 3.13. The number of aromatic amines is 1. The molecule has 0 fully saturated rings. The van der Waals surface area contributed by atoms with E-state index in [-0.39, 0.29) is 5.96 Å². The van der Waals surface area contributed by atoms with Crippen molar-refractivity contribution in [1.82, 2.24) is 9.97 Å². The quantitative estimate of drug-likeness (QED) is 0.490. The average molecular weight is 195 g/mol. The highest BCUT2D eigenvalue weighted by Gasteiger charge is 2.06. The molecule has 1 aromatic rings. The van der Waals surface area contributed by atoms with Crippen LogP contribution >= 0.6 is 0 Å². The summed E-state index contributed by atoms with van der Waals surface area (Å²) in [4.78, 5) is 11.3. The standard InChI is InChI=1S/C9H17N5/c1-3-5-7-6(4-2)12-9(13-7)14-8(10)11/h3-5H2,1-2H3,(H5,10,11,12,13,14). The minimum absolute atomic E-state index is 0.0319. The van der Waals surface area contributed by atoms with Crippen LogP contribution in [-0.4, -0.2) is 15.9 Å². The molecule has 0 saturated carbocycles. The van der Waals surface area contributed by atoms with Crippen LogP contribution in [0.2, 0.25) is 0 Å². The highest BCUT2D eigenvalue weighted by atomic mass is 15.1. The molecule has 0 unspecified atom stereocenters. The van der Waals surface area contributed by atoms with Crippen molar-refractivity contribution >= 4 is 11.9 Å². The number of rotatable bonds is 4. The van der Waals surface area contributed by atoms with Crippen molar-refractivity contribution in [3.63, 3.8) is 0 Å². The van der Waals surface area contributed by atoms with Gasteiger partial charge in [0, 0.05) is 5.69 Å². The second-order valence-corrected chi connectivity index (χ2v) is 3.13. The van der Waals surface area contributed by atoms with E-state index in [4.69, 9.17) is 11.5 Å². The lowest BCUT2D eigenvalue weighted by atomic mass is 10.2. The number of H-pyrrole nitrogens is 1. The summed E-state index contributed by atoms with van der Waals surface area (Å²) in [5.41, 5.74) is 12.7. The number of nitrogens with one attached hydrogen (secondary N) is 1. The molecule has 14 heavy (non-hydrogen) atoms. The molecule has 0 aliphatic rings. The zero-order valence-electron chi connectivity index (χ0n) is 8.67. The molecule has 1 heterocycles. The Morgan fingerprint density at radius 2 is 2.14 bits per heavy atom. The lowest BCUT2D eigenvalue weighted by molar-refractivity contribution is 0.868. The molecule has 78 valence electrons. The van der Waals surface area contributed by atoms with Crippen LogP contribution in [0.15, 0.2) is 4.99 Å². The number of aromatic nitrogens is 2. The van der Waals surface area contributed by atoms with E-state index in [1.54, 1.807) is 0 Å². The molecule has 1 aromatic heterocycles. The van der Waals surface area contributed by atoms with Gasteiger partial charge in [0.15, 0.2) is 5.96 Å². The third-order valence-corrected chi connectivity index (χ3v) is 1.92. The Balaban J connectivity index is 2.94. The predicted molar refractivity (Wildman–Crippen MR) is 57.4 cm³/mol. The van der Waals surface area contributed by atoms with Gasteiger partial charge in [-0.05, 0) is 12.8 Å². The van der Waals surface area contributed by atoms with Crippen LogP contribution in [0.1, 0.15) is 31.7 Å². The molecule has 0 atom stereocenters. The van der Waals surface area contributed by atoms with Gasteiger partial charge < -0.3 is 16.5 Å². The normalized spacial score (nSPS) is 10.1. The molecule has 0 aliphatic heterocycles. The first-order valence-corrected chi connectivity index (χ1v) is 4.84. The fourth-order valence-electron chi connectivity index (χ4n) is 1.35. The largest absolute Gasteiger partial charge is 0.370 e. The number of hydrogen-bond acceptors (Lipinski definition) is 2. The Kier molecular flexibility index (Phi) is 3.50. The number of imidazole rings is 1. The van der Waals surface area contributed by atoms with Gasteiger partial charge in [-0.1, -0.05) is 20.3 Å². The van der Waals surface area contributed by atoms with Crippen LogP contribution in [0, 0.1) is 0 Å². The van der Waals surface area contributed by atoms with E-state index in [1.807, 2.05) is 0 Å². The van der Waals surface area contributed by atoms with Crippen LogP contribution in [-0.2, 0) is 12.8 Å². The summed E-state index contributed by atoms with van der Waals surface area (Å²) in [5.74, 6) is 0.537. The molecule has 5 N–H and O–H groups in total. The minimum Gasteiger partial charge on any atom is -0.370 e. The number of aryl methyl sites for hydroxylation is 2. The van der Waals surface area contributed by atoms with Crippen LogP contribution in [0.25, 0.3) is 0 Å². The molecular formula is C9H17N5. The van der Waals surface area contributed by atoms with E-state index in [0.29, 0.717) is 5.95 Å². The lowest BCUT2D eigenvalue weighted by Gasteiger charge is -1.95. The molecule has 5 nitrogen and oxygen atoms in total. The summed E-state index contributed by atoms with van der Waals surface area (Å²) in [5, 5.41) is 0. The number of nitrogens with two attached hydrogens (primary N) is 2. The van der Waals surface area contributed by atoms with Crippen LogP contribution in [0.5, 0.6) is 0 Å². The molecule has 0 bridgehead atoms. The van der Waals surface area contributed by atoms with Gasteiger partial charge in [-0.2, -0.15) is 4.99 Å². The minimum atomic E-state index is 0.0319. The maximum atomic E-state index is 5.27. The lowest BCUT2D eigenvalue weighted by Crippen LogP contribution is -2.22. The molecule has 0 saturated heterocycles. The van der Waals surface area contributed by atoms with Crippen molar-refractivity contribution in [1.29, 1.82) is 0 Å². The van der Waals surface area contributed by atoms with Gasteiger partial charge in [0.1, 0.15) is 0 Å². The zero-order chi connectivity index (χ0) is 10.6. The van der Waals surface area contributed by atoms with Crippen molar-refractivity contribution in [3.05, 3.63) is 11.4 Å². The van der Waals surface area contributed by atoms with Gasteiger partial charge in [0.2, 0.25) is 5.95 Å². The van der Waals surface area contributed by atoms with Gasteiger partial charge >= 0.3 is 0 Å². The molecule has 0 aromatic carbocycles. The Morgan fingerprint density at radius 1 is 1.43 bits per heavy atom. The van der Waals surface area contributed by atoms with Crippen molar-refractivity contribution in [2.45, 2.75) is 33.1 Å². The van der Waals surface area contributed by atoms with Gasteiger partial charge in [0.25, 0.3) is 0 Å². The molecule has 0 aliphatic carbocycles. The number of hydrogen-bond donors (Lipinski definition) is 3. The smallest absolute Gasteiger partial charge is 0.230 e. The average Bonchev–Trinajstić information content (AvgIpc) is 2.47. The Morgan fingerprint density at radius 3 is 2.64 bits per heavy atom. The monoisotopic (exact) mass is 195 g/mol. The van der Waals surface area contributed by atoms with Crippen molar-refractivity contribution < 1.29 is 0 Å². The SMILES string of the molecule is CCCc1[nH]c(N=C(N)N)nc1CC. The maximum absolute atomic E-state index is 5.27. The van der Waals surface area contributed by atoms with Crippen LogP contribution < -0.4 is 11.5 Å². The zero-order valence-corrected chi connectivity index (χ0v) is 8.67. The number of aliphatic imine (C=N–C) groups is 1. The fraction of sp³-hybridized carbons (Fsp3) is 0.556. The summed E-state index contributed by atoms with van der Waals surface area (Å²) in [7, 11) is 0. The van der Waals surface area contributed by atoms with Crippen LogP contribution in [0.4, 0.5) is 5.95 Å². The summed E-state index contributed by atoms with van der Waals surface area (Å²) >= 11 is 0. The number of guanidine groups is 1. The highest BCUT2D eigenvalue weighted by Crippen LogP contribution is 2.14. The van der Waals surface area contributed by atoms with Crippen LogP contribution in [0.3, 0.4) is 0 Å². The van der Waals surface area contributed by atoms with E-state index in [9.17, 15) is 0 Å². The molecule has 5 heteroatoms.